The van der Waals surface area contributed by atoms with Crippen LogP contribution >= 0.6 is 15.9 Å². The number of nitrogens with one attached hydrogen (secondary N) is 2. The van der Waals surface area contributed by atoms with E-state index in [1.54, 1.807) is 0 Å². The van der Waals surface area contributed by atoms with Gasteiger partial charge >= 0.3 is 0 Å². The zero-order valence-corrected chi connectivity index (χ0v) is 13.2. The SMILES string of the molecule is CNCC1CCN(C(=O)c2n[nH]c(C(C)C)c2Br)C1. The highest BCUT2D eigenvalue weighted by molar-refractivity contribution is 9.10. The Kier molecular flexibility index (Phi) is 4.62. The fraction of sp³-hybridized carbons (Fsp3) is 0.692. The molecule has 106 valence electrons. The minimum Gasteiger partial charge on any atom is -0.337 e. The van der Waals surface area contributed by atoms with Crippen LogP contribution < -0.4 is 5.32 Å². The molecule has 0 saturated carbocycles. The molecular weight excluding hydrogens is 308 g/mol. The number of amides is 1. The van der Waals surface area contributed by atoms with Crippen molar-refractivity contribution in [3.05, 3.63) is 15.9 Å². The summed E-state index contributed by atoms with van der Waals surface area (Å²) in [6, 6.07) is 0. The maximum atomic E-state index is 12.4. The van der Waals surface area contributed by atoms with Crippen molar-refractivity contribution in [2.45, 2.75) is 26.2 Å². The van der Waals surface area contributed by atoms with Gasteiger partial charge in [0.05, 0.1) is 10.2 Å². The molecule has 1 saturated heterocycles. The van der Waals surface area contributed by atoms with Gasteiger partial charge in [-0.05, 0) is 47.8 Å². The fourth-order valence-corrected chi connectivity index (χ4v) is 3.29. The van der Waals surface area contributed by atoms with Crippen molar-refractivity contribution in [3.63, 3.8) is 0 Å². The maximum absolute atomic E-state index is 12.4. The van der Waals surface area contributed by atoms with Crippen LogP contribution in [0.5, 0.6) is 0 Å². The standard InChI is InChI=1S/C13H21BrN4O/c1-8(2)11-10(14)12(17-16-11)13(19)18-5-4-9(7-18)6-15-3/h8-9,15H,4-7H2,1-3H3,(H,16,17). The van der Waals surface area contributed by atoms with Gasteiger partial charge < -0.3 is 10.2 Å². The van der Waals surface area contributed by atoms with Crippen molar-refractivity contribution in [1.82, 2.24) is 20.4 Å². The molecule has 19 heavy (non-hydrogen) atoms. The van der Waals surface area contributed by atoms with Crippen LogP contribution in [0.2, 0.25) is 0 Å². The molecule has 1 amide bonds. The third-order valence-electron chi connectivity index (χ3n) is 3.58. The van der Waals surface area contributed by atoms with Crippen molar-refractivity contribution in [2.75, 3.05) is 26.7 Å². The van der Waals surface area contributed by atoms with Gasteiger partial charge in [-0.3, -0.25) is 9.89 Å². The van der Waals surface area contributed by atoms with Gasteiger partial charge in [0.15, 0.2) is 5.69 Å². The van der Waals surface area contributed by atoms with E-state index in [-0.39, 0.29) is 5.91 Å². The number of rotatable bonds is 4. The van der Waals surface area contributed by atoms with Crippen LogP contribution in [0, 0.1) is 5.92 Å². The molecule has 0 bridgehead atoms. The zero-order chi connectivity index (χ0) is 14.0. The van der Waals surface area contributed by atoms with E-state index in [1.807, 2.05) is 11.9 Å². The van der Waals surface area contributed by atoms with E-state index in [2.05, 4.69) is 45.3 Å². The van der Waals surface area contributed by atoms with Crippen LogP contribution in [-0.4, -0.2) is 47.7 Å². The Morgan fingerprint density at radius 1 is 1.63 bits per heavy atom. The minimum atomic E-state index is 0.0219. The number of aromatic amines is 1. The molecule has 1 fully saturated rings. The number of H-pyrrole nitrogens is 1. The zero-order valence-electron chi connectivity index (χ0n) is 11.7. The molecule has 2 N–H and O–H groups in total. The summed E-state index contributed by atoms with van der Waals surface area (Å²) in [6.45, 7) is 6.75. The molecule has 0 aliphatic carbocycles. The second kappa shape index (κ2) is 6.05. The Morgan fingerprint density at radius 3 is 2.95 bits per heavy atom. The lowest BCUT2D eigenvalue weighted by Crippen LogP contribution is -2.30. The Hall–Kier alpha value is -0.880. The minimum absolute atomic E-state index is 0.0219. The first kappa shape index (κ1) is 14.5. The predicted octanol–water partition coefficient (Wildman–Crippen LogP) is 1.98. The Labute approximate surface area is 122 Å². The monoisotopic (exact) mass is 328 g/mol. The largest absolute Gasteiger partial charge is 0.337 e. The van der Waals surface area contributed by atoms with Crippen molar-refractivity contribution in [1.29, 1.82) is 0 Å². The van der Waals surface area contributed by atoms with E-state index in [4.69, 9.17) is 0 Å². The molecule has 1 atom stereocenters. The normalized spacial score (nSPS) is 19.4. The molecule has 1 aliphatic rings. The highest BCUT2D eigenvalue weighted by Crippen LogP contribution is 2.27. The molecule has 6 heteroatoms. The number of aromatic nitrogens is 2. The number of likely N-dealkylation sites (tertiary alicyclic amines) is 1. The number of hydrogen-bond donors (Lipinski definition) is 2. The summed E-state index contributed by atoms with van der Waals surface area (Å²) in [6.07, 6.45) is 1.06. The van der Waals surface area contributed by atoms with E-state index >= 15 is 0 Å². The molecule has 0 radical (unpaired) electrons. The summed E-state index contributed by atoms with van der Waals surface area (Å²) in [5, 5.41) is 10.3. The van der Waals surface area contributed by atoms with Crippen molar-refractivity contribution in [3.8, 4) is 0 Å². The summed E-state index contributed by atoms with van der Waals surface area (Å²) in [4.78, 5) is 14.3. The number of halogens is 1. The smallest absolute Gasteiger partial charge is 0.275 e. The van der Waals surface area contributed by atoms with Gasteiger partial charge in [0.1, 0.15) is 0 Å². The van der Waals surface area contributed by atoms with Gasteiger partial charge in [-0.1, -0.05) is 13.8 Å². The lowest BCUT2D eigenvalue weighted by molar-refractivity contribution is 0.0780. The maximum Gasteiger partial charge on any atom is 0.275 e. The van der Waals surface area contributed by atoms with E-state index in [1.165, 1.54) is 0 Å². The number of carbonyl (C=O) groups is 1. The number of nitrogens with zero attached hydrogens (tertiary/aromatic N) is 2. The van der Waals surface area contributed by atoms with Crippen molar-refractivity contribution >= 4 is 21.8 Å². The van der Waals surface area contributed by atoms with E-state index in [0.717, 1.165) is 36.2 Å². The molecule has 1 unspecified atom stereocenters. The van der Waals surface area contributed by atoms with Crippen molar-refractivity contribution in [2.24, 2.45) is 5.92 Å². The van der Waals surface area contributed by atoms with Crippen LogP contribution in [0.3, 0.4) is 0 Å². The highest BCUT2D eigenvalue weighted by atomic mass is 79.9. The Bertz CT molecular complexity index is 457. The lowest BCUT2D eigenvalue weighted by Gasteiger charge is -2.15. The summed E-state index contributed by atoms with van der Waals surface area (Å²) >= 11 is 3.49. The lowest BCUT2D eigenvalue weighted by atomic mass is 10.1. The second-order valence-corrected chi connectivity index (χ2v) is 6.21. The topological polar surface area (TPSA) is 61.0 Å². The van der Waals surface area contributed by atoms with E-state index in [0.29, 0.717) is 17.5 Å². The van der Waals surface area contributed by atoms with E-state index in [9.17, 15) is 4.79 Å². The van der Waals surface area contributed by atoms with Crippen LogP contribution in [0.25, 0.3) is 0 Å². The molecule has 2 heterocycles. The average molecular weight is 329 g/mol. The molecule has 0 spiro atoms. The first-order chi connectivity index (χ1) is 9.04. The first-order valence-corrected chi connectivity index (χ1v) is 7.51. The molecule has 1 aliphatic heterocycles. The van der Waals surface area contributed by atoms with E-state index < -0.39 is 0 Å². The van der Waals surface area contributed by atoms with Gasteiger partial charge in [-0.25, -0.2) is 0 Å². The summed E-state index contributed by atoms with van der Waals surface area (Å²) in [5.41, 5.74) is 1.49. The Balaban J connectivity index is 2.09. The van der Waals surface area contributed by atoms with Gasteiger partial charge in [0.2, 0.25) is 0 Å². The van der Waals surface area contributed by atoms with Gasteiger partial charge in [0.25, 0.3) is 5.91 Å². The third kappa shape index (κ3) is 3.00. The number of carbonyl (C=O) groups excluding carboxylic acids is 1. The van der Waals surface area contributed by atoms with Gasteiger partial charge in [0, 0.05) is 13.1 Å². The summed E-state index contributed by atoms with van der Waals surface area (Å²) in [5.74, 6) is 0.893. The average Bonchev–Trinajstić information content (AvgIpc) is 2.95. The molecule has 1 aromatic heterocycles. The molecule has 0 aromatic carbocycles. The van der Waals surface area contributed by atoms with Crippen LogP contribution in [-0.2, 0) is 0 Å². The summed E-state index contributed by atoms with van der Waals surface area (Å²) in [7, 11) is 1.95. The fourth-order valence-electron chi connectivity index (χ4n) is 2.49. The quantitative estimate of drug-likeness (QED) is 0.888. The van der Waals surface area contributed by atoms with Crippen molar-refractivity contribution < 1.29 is 4.79 Å². The molecule has 5 nitrogen and oxygen atoms in total. The molecule has 2 rings (SSSR count). The van der Waals surface area contributed by atoms with Crippen LogP contribution in [0.15, 0.2) is 4.47 Å². The molecule has 1 aromatic rings. The third-order valence-corrected chi connectivity index (χ3v) is 4.38. The first-order valence-electron chi connectivity index (χ1n) is 6.72. The molecular formula is C13H21BrN4O. The highest BCUT2D eigenvalue weighted by Gasteiger charge is 2.29. The van der Waals surface area contributed by atoms with Gasteiger partial charge in [-0.2, -0.15) is 5.10 Å². The predicted molar refractivity (Wildman–Crippen MR) is 78.3 cm³/mol. The number of hydrogen-bond acceptors (Lipinski definition) is 3. The Morgan fingerprint density at radius 2 is 2.37 bits per heavy atom. The van der Waals surface area contributed by atoms with Gasteiger partial charge in [-0.15, -0.1) is 0 Å². The summed E-state index contributed by atoms with van der Waals surface area (Å²) < 4.78 is 0.810. The van der Waals surface area contributed by atoms with Crippen LogP contribution in [0.4, 0.5) is 0 Å². The van der Waals surface area contributed by atoms with Crippen LogP contribution in [0.1, 0.15) is 42.4 Å². The second-order valence-electron chi connectivity index (χ2n) is 5.42.